The summed E-state index contributed by atoms with van der Waals surface area (Å²) >= 11 is 0. The fourth-order valence-electron chi connectivity index (χ4n) is 1.89. The van der Waals surface area contributed by atoms with Gasteiger partial charge in [0.15, 0.2) is 0 Å². The van der Waals surface area contributed by atoms with Gasteiger partial charge in [0.2, 0.25) is 10.0 Å². The van der Waals surface area contributed by atoms with Crippen LogP contribution >= 0.6 is 0 Å². The number of nitrogens with one attached hydrogen (secondary N) is 1. The Kier molecular flexibility index (Phi) is 6.56. The maximum Gasteiger partial charge on any atom is 0.305 e. The van der Waals surface area contributed by atoms with Gasteiger partial charge in [-0.25, -0.2) is 13.1 Å². The molecule has 0 aliphatic heterocycles. The van der Waals surface area contributed by atoms with E-state index in [0.717, 1.165) is 5.56 Å². The predicted octanol–water partition coefficient (Wildman–Crippen LogP) is 2.61. The van der Waals surface area contributed by atoms with Crippen LogP contribution in [-0.4, -0.2) is 27.5 Å². The first-order valence-electron chi connectivity index (χ1n) is 7.42. The molecule has 0 aromatic heterocycles. The van der Waals surface area contributed by atoms with E-state index < -0.39 is 10.0 Å². The molecule has 0 radical (unpaired) electrons. The molecule has 5 nitrogen and oxygen atoms in total. The van der Waals surface area contributed by atoms with Crippen LogP contribution < -0.4 is 4.72 Å². The maximum absolute atomic E-state index is 12.1. The number of carbonyl (C=O) groups is 1. The average molecular weight is 327 g/mol. The lowest BCUT2D eigenvalue weighted by Crippen LogP contribution is -2.25. The minimum Gasteiger partial charge on any atom is -0.466 e. The number of hydrogen-bond acceptors (Lipinski definition) is 4. The summed E-state index contributed by atoms with van der Waals surface area (Å²) in [5.41, 5.74) is 1.06. The summed E-state index contributed by atoms with van der Waals surface area (Å²) in [5, 5.41) is 0. The molecule has 0 bridgehead atoms. The zero-order valence-electron chi connectivity index (χ0n) is 13.7. The second-order valence-electron chi connectivity index (χ2n) is 6.08. The van der Waals surface area contributed by atoms with Gasteiger partial charge in [0.25, 0.3) is 0 Å². The Morgan fingerprint density at radius 1 is 1.18 bits per heavy atom. The van der Waals surface area contributed by atoms with Crippen molar-refractivity contribution in [3.63, 3.8) is 0 Å². The van der Waals surface area contributed by atoms with Crippen molar-refractivity contribution in [2.45, 2.75) is 50.8 Å². The van der Waals surface area contributed by atoms with Crippen molar-refractivity contribution in [1.82, 2.24) is 4.72 Å². The summed E-state index contributed by atoms with van der Waals surface area (Å²) in [6, 6.07) is 6.86. The standard InChI is InChI=1S/C16H25NO4S/c1-5-21-15(18)7-6-12-17-22(19,20)14-10-8-13(9-11-14)16(2,3)4/h8-11,17H,5-7,12H2,1-4H3. The molecule has 0 aliphatic rings. The lowest BCUT2D eigenvalue weighted by Gasteiger charge is -2.19. The van der Waals surface area contributed by atoms with E-state index in [-0.39, 0.29) is 29.2 Å². The van der Waals surface area contributed by atoms with Crippen molar-refractivity contribution in [2.75, 3.05) is 13.2 Å². The van der Waals surface area contributed by atoms with Crippen molar-refractivity contribution in [3.05, 3.63) is 29.8 Å². The smallest absolute Gasteiger partial charge is 0.305 e. The first-order valence-corrected chi connectivity index (χ1v) is 8.91. The SMILES string of the molecule is CCOC(=O)CCCNS(=O)(=O)c1ccc(C(C)(C)C)cc1. The van der Waals surface area contributed by atoms with E-state index in [1.807, 2.05) is 12.1 Å². The largest absolute Gasteiger partial charge is 0.466 e. The molecule has 22 heavy (non-hydrogen) atoms. The van der Waals surface area contributed by atoms with E-state index in [4.69, 9.17) is 4.74 Å². The number of esters is 1. The lowest BCUT2D eigenvalue weighted by atomic mass is 9.87. The quantitative estimate of drug-likeness (QED) is 0.617. The van der Waals surface area contributed by atoms with Crippen molar-refractivity contribution in [1.29, 1.82) is 0 Å². The fourth-order valence-corrected chi connectivity index (χ4v) is 2.96. The average Bonchev–Trinajstić information content (AvgIpc) is 2.43. The molecule has 0 unspecified atom stereocenters. The van der Waals surface area contributed by atoms with Crippen molar-refractivity contribution < 1.29 is 17.9 Å². The molecule has 6 heteroatoms. The second-order valence-corrected chi connectivity index (χ2v) is 7.85. The fraction of sp³-hybridized carbons (Fsp3) is 0.562. The van der Waals surface area contributed by atoms with Crippen molar-refractivity contribution >= 4 is 16.0 Å². The van der Waals surface area contributed by atoms with Crippen LogP contribution in [0.25, 0.3) is 0 Å². The Labute approximate surface area is 133 Å². The number of sulfonamides is 1. The maximum atomic E-state index is 12.1. The second kappa shape index (κ2) is 7.74. The molecule has 1 aromatic rings. The topological polar surface area (TPSA) is 72.5 Å². The van der Waals surface area contributed by atoms with Gasteiger partial charge in [0, 0.05) is 13.0 Å². The normalized spacial score (nSPS) is 12.2. The number of rotatable bonds is 7. The highest BCUT2D eigenvalue weighted by atomic mass is 32.2. The number of benzene rings is 1. The molecule has 0 heterocycles. The van der Waals surface area contributed by atoms with E-state index >= 15 is 0 Å². The summed E-state index contributed by atoms with van der Waals surface area (Å²) in [6.45, 7) is 8.51. The molecule has 124 valence electrons. The summed E-state index contributed by atoms with van der Waals surface area (Å²) in [5.74, 6) is -0.309. The monoisotopic (exact) mass is 327 g/mol. The highest BCUT2D eigenvalue weighted by Crippen LogP contribution is 2.23. The van der Waals surface area contributed by atoms with Gasteiger partial charge in [-0.3, -0.25) is 4.79 Å². The van der Waals surface area contributed by atoms with E-state index in [0.29, 0.717) is 13.0 Å². The Morgan fingerprint density at radius 3 is 2.27 bits per heavy atom. The summed E-state index contributed by atoms with van der Waals surface area (Å²) in [6.07, 6.45) is 0.622. The van der Waals surface area contributed by atoms with Crippen LogP contribution in [0.15, 0.2) is 29.2 Å². The lowest BCUT2D eigenvalue weighted by molar-refractivity contribution is -0.143. The number of ether oxygens (including phenoxy) is 1. The predicted molar refractivity (Wildman–Crippen MR) is 86.2 cm³/mol. The number of hydrogen-bond donors (Lipinski definition) is 1. The van der Waals surface area contributed by atoms with Crippen LogP contribution in [0.3, 0.4) is 0 Å². The van der Waals surface area contributed by atoms with E-state index in [1.165, 1.54) is 0 Å². The zero-order valence-corrected chi connectivity index (χ0v) is 14.5. The molecule has 0 saturated carbocycles. The highest BCUT2D eigenvalue weighted by molar-refractivity contribution is 7.89. The molecule has 0 spiro atoms. The van der Waals surface area contributed by atoms with Crippen molar-refractivity contribution in [3.8, 4) is 0 Å². The molecule has 1 rings (SSSR count). The van der Waals surface area contributed by atoms with E-state index in [2.05, 4.69) is 25.5 Å². The van der Waals surface area contributed by atoms with E-state index in [1.54, 1.807) is 19.1 Å². The van der Waals surface area contributed by atoms with Crippen LogP contribution in [0.1, 0.15) is 46.1 Å². The molecule has 1 aromatic carbocycles. The van der Waals surface area contributed by atoms with Gasteiger partial charge in [-0.05, 0) is 36.5 Å². The minimum absolute atomic E-state index is 0.0185. The van der Waals surface area contributed by atoms with E-state index in [9.17, 15) is 13.2 Å². The molecule has 0 aliphatic carbocycles. The third-order valence-corrected chi connectivity index (χ3v) is 4.66. The molecule has 0 saturated heterocycles. The first-order chi connectivity index (χ1) is 10.2. The Hall–Kier alpha value is -1.40. The van der Waals surface area contributed by atoms with Crippen LogP contribution in [0, 0.1) is 0 Å². The van der Waals surface area contributed by atoms with Crippen LogP contribution in [0.2, 0.25) is 0 Å². The Balaban J connectivity index is 2.58. The third kappa shape index (κ3) is 5.77. The zero-order chi connectivity index (χ0) is 16.8. The minimum atomic E-state index is -3.53. The van der Waals surface area contributed by atoms with Gasteiger partial charge in [-0.1, -0.05) is 32.9 Å². The van der Waals surface area contributed by atoms with Gasteiger partial charge < -0.3 is 4.74 Å². The summed E-state index contributed by atoms with van der Waals surface area (Å²) in [7, 11) is -3.53. The van der Waals surface area contributed by atoms with Crippen LogP contribution in [0.4, 0.5) is 0 Å². The van der Waals surface area contributed by atoms with Gasteiger partial charge in [-0.15, -0.1) is 0 Å². The highest BCUT2D eigenvalue weighted by Gasteiger charge is 2.17. The molecular weight excluding hydrogens is 302 g/mol. The summed E-state index contributed by atoms with van der Waals surface area (Å²) < 4.78 is 31.6. The van der Waals surface area contributed by atoms with Crippen molar-refractivity contribution in [2.24, 2.45) is 0 Å². The Bertz CT molecular complexity index is 586. The molecular formula is C16H25NO4S. The molecule has 1 N–H and O–H groups in total. The van der Waals surface area contributed by atoms with Crippen LogP contribution in [0.5, 0.6) is 0 Å². The van der Waals surface area contributed by atoms with Gasteiger partial charge in [0.1, 0.15) is 0 Å². The summed E-state index contributed by atoms with van der Waals surface area (Å²) in [4.78, 5) is 11.4. The molecule has 0 amide bonds. The molecule has 0 fully saturated rings. The van der Waals surface area contributed by atoms with Crippen LogP contribution in [-0.2, 0) is 25.0 Å². The molecule has 0 atom stereocenters. The van der Waals surface area contributed by atoms with Gasteiger partial charge in [-0.2, -0.15) is 0 Å². The van der Waals surface area contributed by atoms with Gasteiger partial charge >= 0.3 is 5.97 Å². The number of carbonyl (C=O) groups excluding carboxylic acids is 1. The van der Waals surface area contributed by atoms with Gasteiger partial charge in [0.05, 0.1) is 11.5 Å². The first kappa shape index (κ1) is 18.6. The Morgan fingerprint density at radius 2 is 1.77 bits per heavy atom. The third-order valence-electron chi connectivity index (χ3n) is 3.19.